The maximum atomic E-state index is 13.1. The molecule has 0 spiro atoms. The van der Waals surface area contributed by atoms with Crippen molar-refractivity contribution in [1.29, 1.82) is 0 Å². The van der Waals surface area contributed by atoms with E-state index in [9.17, 15) is 13.2 Å². The molecule has 1 atom stereocenters. The summed E-state index contributed by atoms with van der Waals surface area (Å²) in [6, 6.07) is 10.1. The Labute approximate surface area is 178 Å². The Kier molecular flexibility index (Phi) is 4.67. The Morgan fingerprint density at radius 3 is 2.67 bits per heavy atom. The number of hydrogen-bond acceptors (Lipinski definition) is 7. The summed E-state index contributed by atoms with van der Waals surface area (Å²) in [5.41, 5.74) is 1.86. The van der Waals surface area contributed by atoms with Crippen LogP contribution in [0.25, 0.3) is 0 Å². The Morgan fingerprint density at radius 1 is 1.07 bits per heavy atom. The molecule has 1 aromatic carbocycles. The van der Waals surface area contributed by atoms with E-state index in [4.69, 9.17) is 0 Å². The van der Waals surface area contributed by atoms with Gasteiger partial charge in [0.15, 0.2) is 5.13 Å². The molecular formula is C20H19N5O3S2. The van der Waals surface area contributed by atoms with Crippen LogP contribution >= 0.6 is 11.3 Å². The molecule has 0 radical (unpaired) electrons. The summed E-state index contributed by atoms with van der Waals surface area (Å²) in [6.45, 7) is 1.38. The number of amides is 1. The standard InChI is InChI=1S/C20H19N5O3S2/c26-19-17(25-11-7-14-2-1-9-21-18(14)25)8-12-24(19)15-3-5-16(6-4-15)30(27,28)23-20-22-10-13-29-20/h1-6,9-10,13,17H,7-8,11-12H2,(H,22,23)/t17-/m0/s1. The summed E-state index contributed by atoms with van der Waals surface area (Å²) in [5.74, 6) is 0.914. The first kappa shape index (κ1) is 19.0. The third kappa shape index (κ3) is 3.31. The normalized spacial score (nSPS) is 18.7. The smallest absolute Gasteiger partial charge is 0.263 e. The molecule has 10 heteroatoms. The van der Waals surface area contributed by atoms with Crippen molar-refractivity contribution in [2.24, 2.45) is 0 Å². The van der Waals surface area contributed by atoms with Crippen LogP contribution in [0.15, 0.2) is 59.1 Å². The molecule has 1 N–H and O–H groups in total. The average Bonchev–Trinajstić information content (AvgIpc) is 3.48. The van der Waals surface area contributed by atoms with Gasteiger partial charge in [-0.3, -0.25) is 9.52 Å². The predicted molar refractivity (Wildman–Crippen MR) is 115 cm³/mol. The quantitative estimate of drug-likeness (QED) is 0.654. The largest absolute Gasteiger partial charge is 0.344 e. The summed E-state index contributed by atoms with van der Waals surface area (Å²) in [4.78, 5) is 25.5. The highest BCUT2D eigenvalue weighted by molar-refractivity contribution is 7.93. The fourth-order valence-electron chi connectivity index (χ4n) is 4.00. The van der Waals surface area contributed by atoms with E-state index in [-0.39, 0.29) is 16.8 Å². The molecular weight excluding hydrogens is 422 g/mol. The van der Waals surface area contributed by atoms with Crippen LogP contribution in [-0.4, -0.2) is 43.4 Å². The third-order valence-electron chi connectivity index (χ3n) is 5.43. The lowest BCUT2D eigenvalue weighted by molar-refractivity contribution is -0.118. The minimum Gasteiger partial charge on any atom is -0.344 e. The predicted octanol–water partition coefficient (Wildman–Crippen LogP) is 2.51. The fourth-order valence-corrected chi connectivity index (χ4v) is 5.79. The van der Waals surface area contributed by atoms with Gasteiger partial charge < -0.3 is 9.80 Å². The van der Waals surface area contributed by atoms with Gasteiger partial charge >= 0.3 is 0 Å². The van der Waals surface area contributed by atoms with E-state index in [2.05, 4.69) is 25.7 Å². The van der Waals surface area contributed by atoms with Gasteiger partial charge in [-0.25, -0.2) is 18.4 Å². The zero-order valence-corrected chi connectivity index (χ0v) is 17.6. The Hall–Kier alpha value is -2.98. The van der Waals surface area contributed by atoms with Crippen LogP contribution in [0.2, 0.25) is 0 Å². The number of nitrogens with zero attached hydrogens (tertiary/aromatic N) is 4. The number of aromatic nitrogens is 2. The van der Waals surface area contributed by atoms with Crippen LogP contribution in [-0.2, 0) is 21.2 Å². The molecule has 1 fully saturated rings. The number of carbonyl (C=O) groups is 1. The highest BCUT2D eigenvalue weighted by atomic mass is 32.2. The lowest BCUT2D eigenvalue weighted by Gasteiger charge is -2.25. The zero-order valence-electron chi connectivity index (χ0n) is 15.9. The van der Waals surface area contributed by atoms with Crippen molar-refractivity contribution in [3.8, 4) is 0 Å². The number of nitrogens with one attached hydrogen (secondary N) is 1. The number of anilines is 3. The maximum absolute atomic E-state index is 13.1. The van der Waals surface area contributed by atoms with Crippen molar-refractivity contribution in [3.63, 3.8) is 0 Å². The molecule has 1 saturated heterocycles. The summed E-state index contributed by atoms with van der Waals surface area (Å²) >= 11 is 1.21. The summed E-state index contributed by atoms with van der Waals surface area (Å²) in [7, 11) is -3.72. The topological polar surface area (TPSA) is 95.5 Å². The van der Waals surface area contributed by atoms with Gasteiger partial charge in [-0.15, -0.1) is 11.3 Å². The van der Waals surface area contributed by atoms with Crippen molar-refractivity contribution < 1.29 is 13.2 Å². The highest BCUT2D eigenvalue weighted by Gasteiger charge is 2.39. The number of hydrogen-bond donors (Lipinski definition) is 1. The van der Waals surface area contributed by atoms with Crippen LogP contribution < -0.4 is 14.5 Å². The summed E-state index contributed by atoms with van der Waals surface area (Å²) in [6.07, 6.45) is 4.90. The van der Waals surface area contributed by atoms with Gasteiger partial charge in [0.1, 0.15) is 11.9 Å². The number of carbonyl (C=O) groups excluding carboxylic acids is 1. The van der Waals surface area contributed by atoms with Crippen molar-refractivity contribution >= 4 is 43.9 Å². The van der Waals surface area contributed by atoms with Crippen LogP contribution in [0, 0.1) is 0 Å². The van der Waals surface area contributed by atoms with Crippen LogP contribution in [0.1, 0.15) is 12.0 Å². The fraction of sp³-hybridized carbons (Fsp3) is 0.250. The van der Waals surface area contributed by atoms with Gasteiger partial charge in [0.25, 0.3) is 10.0 Å². The molecule has 8 nitrogen and oxygen atoms in total. The Bertz CT molecular complexity index is 1180. The lowest BCUT2D eigenvalue weighted by Crippen LogP contribution is -2.41. The molecule has 154 valence electrons. The first-order valence-corrected chi connectivity index (χ1v) is 11.9. The number of fused-ring (bicyclic) bond motifs is 1. The molecule has 2 aliphatic heterocycles. The zero-order chi connectivity index (χ0) is 20.7. The Morgan fingerprint density at radius 2 is 1.90 bits per heavy atom. The van der Waals surface area contributed by atoms with Gasteiger partial charge in [-0.05, 0) is 48.7 Å². The number of rotatable bonds is 5. The van der Waals surface area contributed by atoms with Crippen molar-refractivity contribution in [3.05, 3.63) is 59.7 Å². The molecule has 0 bridgehead atoms. The number of pyridine rings is 1. The second kappa shape index (κ2) is 7.37. The second-order valence-corrected chi connectivity index (χ2v) is 9.74. The Balaban J connectivity index is 1.33. The van der Waals surface area contributed by atoms with E-state index in [0.29, 0.717) is 23.8 Å². The van der Waals surface area contributed by atoms with Gasteiger partial charge in [-0.1, -0.05) is 6.07 Å². The van der Waals surface area contributed by atoms with E-state index >= 15 is 0 Å². The van der Waals surface area contributed by atoms with Crippen LogP contribution in [0.4, 0.5) is 16.6 Å². The molecule has 1 amide bonds. The minimum absolute atomic E-state index is 0.0185. The molecule has 4 heterocycles. The molecule has 3 aromatic rings. The van der Waals surface area contributed by atoms with Crippen LogP contribution in [0.5, 0.6) is 0 Å². The van der Waals surface area contributed by atoms with Gasteiger partial charge in [0, 0.05) is 36.6 Å². The summed E-state index contributed by atoms with van der Waals surface area (Å²) in [5, 5.41) is 2.01. The van der Waals surface area contributed by atoms with Gasteiger partial charge in [0.2, 0.25) is 5.91 Å². The van der Waals surface area contributed by atoms with E-state index in [1.165, 1.54) is 35.2 Å². The molecule has 0 unspecified atom stereocenters. The average molecular weight is 442 g/mol. The molecule has 30 heavy (non-hydrogen) atoms. The van der Waals surface area contributed by atoms with E-state index in [1.807, 2.05) is 6.07 Å². The molecule has 5 rings (SSSR count). The van der Waals surface area contributed by atoms with E-state index < -0.39 is 10.0 Å². The first-order valence-electron chi connectivity index (χ1n) is 9.57. The lowest BCUT2D eigenvalue weighted by atomic mass is 10.2. The van der Waals surface area contributed by atoms with E-state index in [0.717, 1.165) is 18.8 Å². The van der Waals surface area contributed by atoms with Gasteiger partial charge in [-0.2, -0.15) is 0 Å². The summed E-state index contributed by atoms with van der Waals surface area (Å²) < 4.78 is 27.5. The van der Waals surface area contributed by atoms with Crippen molar-refractivity contribution in [2.45, 2.75) is 23.8 Å². The number of sulfonamides is 1. The third-order valence-corrected chi connectivity index (χ3v) is 7.60. The molecule has 0 saturated carbocycles. The van der Waals surface area contributed by atoms with Crippen molar-refractivity contribution in [1.82, 2.24) is 9.97 Å². The maximum Gasteiger partial charge on any atom is 0.263 e. The molecule has 0 aliphatic carbocycles. The number of benzene rings is 1. The minimum atomic E-state index is -3.72. The molecule has 2 aliphatic rings. The van der Waals surface area contributed by atoms with Crippen LogP contribution in [0.3, 0.4) is 0 Å². The molecule has 2 aromatic heterocycles. The monoisotopic (exact) mass is 441 g/mol. The SMILES string of the molecule is O=C1[C@@H](N2CCc3cccnc32)CCN1c1ccc(S(=O)(=O)Nc2nccs2)cc1. The van der Waals surface area contributed by atoms with Gasteiger partial charge in [0.05, 0.1) is 4.90 Å². The van der Waals surface area contributed by atoms with Crippen molar-refractivity contribution in [2.75, 3.05) is 27.6 Å². The first-order chi connectivity index (χ1) is 14.5. The number of thiazole rings is 1. The van der Waals surface area contributed by atoms with E-state index in [1.54, 1.807) is 28.6 Å². The highest BCUT2D eigenvalue weighted by Crippen LogP contribution is 2.32. The second-order valence-electron chi connectivity index (χ2n) is 7.16.